The lowest BCUT2D eigenvalue weighted by Crippen LogP contribution is -2.12. The molecule has 0 N–H and O–H groups in total. The lowest BCUT2D eigenvalue weighted by molar-refractivity contribution is 1.27. The van der Waals surface area contributed by atoms with Gasteiger partial charge in [-0.15, -0.1) is 38.5 Å². The zero-order valence-electron chi connectivity index (χ0n) is 30.4. The monoisotopic (exact) mass is 708 g/mol. The van der Waals surface area contributed by atoms with Crippen LogP contribution in [0, 0.1) is 74.1 Å². The standard InChI is InChI=1S/C54H32N2/c1-7-39-20-17-27-52(49(39)10-4)44-23-16-26-48(38-44)56(54-29-19-22-41(9-3)51(54)12-6)47-36-32-43(33-37-47)42-30-34-46(35-31-42)55(45-24-14-13-15-25-45)53-28-18-21-40(8-2)50(53)11-5/h1-6,13-38H. The molecule has 0 atom stereocenters. The number of hydrogen-bond donors (Lipinski definition) is 0. The molecule has 0 aliphatic carbocycles. The average Bonchev–Trinajstić information content (AvgIpc) is 3.27. The van der Waals surface area contributed by atoms with E-state index < -0.39 is 0 Å². The van der Waals surface area contributed by atoms with Crippen LogP contribution in [0.25, 0.3) is 22.3 Å². The predicted octanol–water partition coefficient (Wildman–Crippen LogP) is 11.8. The number of nitrogens with zero attached hydrogens (tertiary/aromatic N) is 2. The van der Waals surface area contributed by atoms with Crippen molar-refractivity contribution in [3.8, 4) is 96.3 Å². The Kier molecular flexibility index (Phi) is 10.3. The van der Waals surface area contributed by atoms with Crippen LogP contribution in [0.1, 0.15) is 33.4 Å². The van der Waals surface area contributed by atoms with Crippen LogP contribution in [0.2, 0.25) is 0 Å². The van der Waals surface area contributed by atoms with E-state index in [9.17, 15) is 0 Å². The molecule has 0 saturated heterocycles. The SMILES string of the molecule is C#Cc1cccc(-c2cccc(N(c3ccc(-c4ccc(N(c5ccccc5)c5cccc(C#C)c5C#C)cc4)cc3)c3cccc(C#C)c3C#C)c2)c1C#C. The summed E-state index contributed by atoms with van der Waals surface area (Å²) in [6, 6.07) is 52.2. The Hall–Kier alpha value is -8.50. The first-order chi connectivity index (χ1) is 27.5. The van der Waals surface area contributed by atoms with Crippen LogP contribution in [-0.2, 0) is 0 Å². The summed E-state index contributed by atoms with van der Waals surface area (Å²) in [7, 11) is 0. The second-order valence-corrected chi connectivity index (χ2v) is 12.6. The molecule has 0 amide bonds. The molecule has 56 heavy (non-hydrogen) atoms. The second-order valence-electron chi connectivity index (χ2n) is 12.6. The quantitative estimate of drug-likeness (QED) is 0.145. The maximum Gasteiger partial charge on any atom is 0.0639 e. The van der Waals surface area contributed by atoms with Crippen LogP contribution in [-0.4, -0.2) is 0 Å². The van der Waals surface area contributed by atoms with Crippen molar-refractivity contribution in [2.45, 2.75) is 0 Å². The molecule has 2 nitrogen and oxygen atoms in total. The Morgan fingerprint density at radius 1 is 0.304 bits per heavy atom. The van der Waals surface area contributed by atoms with Crippen molar-refractivity contribution < 1.29 is 0 Å². The van der Waals surface area contributed by atoms with Crippen molar-refractivity contribution in [3.63, 3.8) is 0 Å². The topological polar surface area (TPSA) is 6.48 Å². The highest BCUT2D eigenvalue weighted by Gasteiger charge is 2.20. The Balaban J connectivity index is 1.30. The average molecular weight is 709 g/mol. The molecular formula is C54H32N2. The first kappa shape index (κ1) is 35.9. The van der Waals surface area contributed by atoms with E-state index in [4.69, 9.17) is 38.5 Å². The summed E-state index contributed by atoms with van der Waals surface area (Å²) in [6.45, 7) is 0. The highest BCUT2D eigenvalue weighted by atomic mass is 15.1. The van der Waals surface area contributed by atoms with Gasteiger partial charge in [0.15, 0.2) is 0 Å². The molecule has 0 unspecified atom stereocenters. The number of terminal acetylenes is 6. The number of benzene rings is 7. The fraction of sp³-hybridized carbons (Fsp3) is 0. The first-order valence-electron chi connectivity index (χ1n) is 17.7. The summed E-state index contributed by atoms with van der Waals surface area (Å²) >= 11 is 0. The third-order valence-electron chi connectivity index (χ3n) is 9.54. The van der Waals surface area contributed by atoms with Crippen LogP contribution in [0.4, 0.5) is 34.1 Å². The number of hydrogen-bond acceptors (Lipinski definition) is 2. The summed E-state index contributed by atoms with van der Waals surface area (Å²) in [5.41, 5.74) is 13.0. The molecule has 0 radical (unpaired) electrons. The highest BCUT2D eigenvalue weighted by Crippen LogP contribution is 2.41. The molecule has 7 rings (SSSR count). The van der Waals surface area contributed by atoms with Crippen LogP contribution in [0.5, 0.6) is 0 Å². The van der Waals surface area contributed by atoms with E-state index in [2.05, 4.69) is 99.9 Å². The van der Waals surface area contributed by atoms with E-state index in [0.717, 1.165) is 56.4 Å². The van der Waals surface area contributed by atoms with Gasteiger partial charge in [-0.05, 0) is 101 Å². The minimum absolute atomic E-state index is 0.613. The van der Waals surface area contributed by atoms with E-state index in [1.807, 2.05) is 103 Å². The Labute approximate surface area is 330 Å². The van der Waals surface area contributed by atoms with Gasteiger partial charge in [0.1, 0.15) is 0 Å². The summed E-state index contributed by atoms with van der Waals surface area (Å²) in [5.74, 6) is 16.7. The number of rotatable bonds is 8. The molecule has 0 heterocycles. The van der Waals surface area contributed by atoms with Crippen molar-refractivity contribution in [3.05, 3.63) is 191 Å². The molecule has 0 fully saturated rings. The third kappa shape index (κ3) is 6.75. The van der Waals surface area contributed by atoms with Gasteiger partial charge in [-0.3, -0.25) is 0 Å². The van der Waals surface area contributed by atoms with Gasteiger partial charge in [0.2, 0.25) is 0 Å². The molecule has 0 bridgehead atoms. The summed E-state index contributed by atoms with van der Waals surface area (Å²) in [5, 5.41) is 0. The minimum Gasteiger partial charge on any atom is -0.309 e. The molecule has 258 valence electrons. The van der Waals surface area contributed by atoms with Gasteiger partial charge in [0, 0.05) is 45.0 Å². The van der Waals surface area contributed by atoms with Crippen molar-refractivity contribution in [1.29, 1.82) is 0 Å². The van der Waals surface area contributed by atoms with Crippen LogP contribution in [0.3, 0.4) is 0 Å². The Morgan fingerprint density at radius 3 is 1.20 bits per heavy atom. The number of para-hydroxylation sites is 1. The van der Waals surface area contributed by atoms with Crippen molar-refractivity contribution in [1.82, 2.24) is 0 Å². The second kappa shape index (κ2) is 16.0. The Bertz CT molecular complexity index is 2850. The van der Waals surface area contributed by atoms with E-state index >= 15 is 0 Å². The van der Waals surface area contributed by atoms with Gasteiger partial charge in [0.05, 0.1) is 22.5 Å². The van der Waals surface area contributed by atoms with Gasteiger partial charge in [-0.1, -0.05) is 114 Å². The fourth-order valence-electron chi connectivity index (χ4n) is 6.92. The molecule has 0 aromatic heterocycles. The summed E-state index contributed by atoms with van der Waals surface area (Å²) in [4.78, 5) is 4.23. The maximum atomic E-state index is 6.12. The van der Waals surface area contributed by atoms with Crippen LogP contribution < -0.4 is 9.80 Å². The van der Waals surface area contributed by atoms with Gasteiger partial charge < -0.3 is 9.80 Å². The zero-order valence-corrected chi connectivity index (χ0v) is 30.4. The minimum atomic E-state index is 0.613. The summed E-state index contributed by atoms with van der Waals surface area (Å²) < 4.78 is 0. The maximum absolute atomic E-state index is 6.12. The van der Waals surface area contributed by atoms with E-state index in [1.165, 1.54) is 0 Å². The smallest absolute Gasteiger partial charge is 0.0639 e. The van der Waals surface area contributed by atoms with Crippen LogP contribution >= 0.6 is 0 Å². The van der Waals surface area contributed by atoms with E-state index in [0.29, 0.717) is 33.4 Å². The lowest BCUT2D eigenvalue weighted by atomic mass is 9.95. The first-order valence-corrected chi connectivity index (χ1v) is 17.7. The van der Waals surface area contributed by atoms with E-state index in [1.54, 1.807) is 0 Å². The van der Waals surface area contributed by atoms with Gasteiger partial charge in [-0.2, -0.15) is 0 Å². The molecule has 7 aromatic carbocycles. The van der Waals surface area contributed by atoms with Crippen molar-refractivity contribution in [2.24, 2.45) is 0 Å². The van der Waals surface area contributed by atoms with Crippen LogP contribution in [0.15, 0.2) is 158 Å². The Morgan fingerprint density at radius 2 is 0.714 bits per heavy atom. The molecular weight excluding hydrogens is 677 g/mol. The third-order valence-corrected chi connectivity index (χ3v) is 9.54. The highest BCUT2D eigenvalue weighted by molar-refractivity contribution is 5.87. The lowest BCUT2D eigenvalue weighted by Gasteiger charge is -2.28. The molecule has 2 heteroatoms. The number of anilines is 6. The van der Waals surface area contributed by atoms with Gasteiger partial charge in [-0.25, -0.2) is 0 Å². The summed E-state index contributed by atoms with van der Waals surface area (Å²) in [6.07, 6.45) is 35.6. The molecule has 0 spiro atoms. The van der Waals surface area contributed by atoms with Gasteiger partial charge in [0.25, 0.3) is 0 Å². The predicted molar refractivity (Wildman–Crippen MR) is 234 cm³/mol. The van der Waals surface area contributed by atoms with Crippen molar-refractivity contribution in [2.75, 3.05) is 9.80 Å². The molecule has 0 aliphatic heterocycles. The molecule has 0 saturated carbocycles. The van der Waals surface area contributed by atoms with Gasteiger partial charge >= 0.3 is 0 Å². The largest absolute Gasteiger partial charge is 0.309 e. The zero-order chi connectivity index (χ0) is 39.0. The van der Waals surface area contributed by atoms with E-state index in [-0.39, 0.29) is 0 Å². The van der Waals surface area contributed by atoms with Crippen molar-refractivity contribution >= 4 is 34.1 Å². The normalized spacial score (nSPS) is 10.0. The molecule has 0 aliphatic rings. The molecule has 7 aromatic rings. The fourth-order valence-corrected chi connectivity index (χ4v) is 6.92.